The molecule has 1 fully saturated rings. The number of benzene rings is 1. The number of carbonyl (C=O) groups is 2. The van der Waals surface area contributed by atoms with E-state index in [4.69, 9.17) is 4.74 Å². The van der Waals surface area contributed by atoms with Crippen LogP contribution in [0.15, 0.2) is 24.3 Å². The summed E-state index contributed by atoms with van der Waals surface area (Å²) in [6, 6.07) is 7.29. The molecular formula is C23H31N3O3. The Balaban J connectivity index is 1.72. The molecule has 0 unspecified atom stereocenters. The number of hydrogen-bond donors (Lipinski definition) is 1. The molecule has 1 aliphatic carbocycles. The Morgan fingerprint density at radius 3 is 2.45 bits per heavy atom. The maximum atomic E-state index is 12.8. The van der Waals surface area contributed by atoms with Crippen molar-refractivity contribution in [1.82, 2.24) is 15.1 Å². The zero-order valence-electron chi connectivity index (χ0n) is 17.8. The highest BCUT2D eigenvalue weighted by atomic mass is 16.5. The lowest BCUT2D eigenvalue weighted by molar-refractivity contribution is -0.150. The number of aromatic nitrogens is 2. The zero-order chi connectivity index (χ0) is 21.0. The highest BCUT2D eigenvalue weighted by Gasteiger charge is 2.33. The molecule has 0 spiro atoms. The third kappa shape index (κ3) is 4.52. The SMILES string of the molecule is CCOC(=O)[C@@H]1CCCC[C@@H]1NC(=O)c1ccc(-n2nc(C)c(CC)c2C)cc1. The molecule has 2 aromatic rings. The van der Waals surface area contributed by atoms with Gasteiger partial charge in [-0.2, -0.15) is 5.10 Å². The number of esters is 1. The predicted octanol–water partition coefficient (Wildman–Crippen LogP) is 3.90. The molecule has 2 atom stereocenters. The number of ether oxygens (including phenoxy) is 1. The molecule has 0 saturated heterocycles. The Kier molecular flexibility index (Phi) is 6.72. The Morgan fingerprint density at radius 1 is 1.14 bits per heavy atom. The molecule has 1 amide bonds. The number of hydrogen-bond acceptors (Lipinski definition) is 4. The molecule has 1 N–H and O–H groups in total. The summed E-state index contributed by atoms with van der Waals surface area (Å²) in [6.45, 7) is 8.39. The second-order valence-corrected chi connectivity index (χ2v) is 7.68. The van der Waals surface area contributed by atoms with Crippen molar-refractivity contribution < 1.29 is 14.3 Å². The van der Waals surface area contributed by atoms with Gasteiger partial charge in [0.15, 0.2) is 0 Å². The van der Waals surface area contributed by atoms with Crippen LogP contribution in [0.25, 0.3) is 5.69 Å². The largest absolute Gasteiger partial charge is 0.466 e. The number of nitrogens with one attached hydrogen (secondary N) is 1. The summed E-state index contributed by atoms with van der Waals surface area (Å²) >= 11 is 0. The minimum Gasteiger partial charge on any atom is -0.466 e. The van der Waals surface area contributed by atoms with Gasteiger partial charge in [0.25, 0.3) is 5.91 Å². The Labute approximate surface area is 172 Å². The van der Waals surface area contributed by atoms with Gasteiger partial charge in [-0.1, -0.05) is 19.8 Å². The summed E-state index contributed by atoms with van der Waals surface area (Å²) in [6.07, 6.45) is 4.52. The number of carbonyl (C=O) groups excluding carboxylic acids is 2. The monoisotopic (exact) mass is 397 g/mol. The lowest BCUT2D eigenvalue weighted by atomic mass is 9.84. The summed E-state index contributed by atoms with van der Waals surface area (Å²) in [5.41, 5.74) is 4.94. The fraction of sp³-hybridized carbons (Fsp3) is 0.522. The van der Waals surface area contributed by atoms with Crippen molar-refractivity contribution >= 4 is 11.9 Å². The molecule has 29 heavy (non-hydrogen) atoms. The van der Waals surface area contributed by atoms with Crippen LogP contribution in [0.5, 0.6) is 0 Å². The zero-order valence-corrected chi connectivity index (χ0v) is 17.8. The molecule has 1 saturated carbocycles. The normalized spacial score (nSPS) is 19.0. The smallest absolute Gasteiger partial charge is 0.311 e. The highest BCUT2D eigenvalue weighted by molar-refractivity contribution is 5.95. The fourth-order valence-electron chi connectivity index (χ4n) is 4.28. The Morgan fingerprint density at radius 2 is 1.83 bits per heavy atom. The maximum Gasteiger partial charge on any atom is 0.311 e. The van der Waals surface area contributed by atoms with Crippen LogP contribution in [0, 0.1) is 19.8 Å². The topological polar surface area (TPSA) is 73.2 Å². The van der Waals surface area contributed by atoms with Crippen molar-refractivity contribution in [1.29, 1.82) is 0 Å². The van der Waals surface area contributed by atoms with Gasteiger partial charge in [0.05, 0.1) is 23.9 Å². The fourth-order valence-corrected chi connectivity index (χ4v) is 4.28. The van der Waals surface area contributed by atoms with Crippen LogP contribution >= 0.6 is 0 Å². The maximum absolute atomic E-state index is 12.8. The number of rotatable bonds is 6. The first-order valence-corrected chi connectivity index (χ1v) is 10.6. The van der Waals surface area contributed by atoms with Crippen molar-refractivity contribution in [3.8, 4) is 5.69 Å². The van der Waals surface area contributed by atoms with Gasteiger partial charge >= 0.3 is 5.97 Å². The van der Waals surface area contributed by atoms with Crippen LogP contribution in [-0.4, -0.2) is 34.3 Å². The Hall–Kier alpha value is -2.63. The van der Waals surface area contributed by atoms with Gasteiger partial charge < -0.3 is 10.1 Å². The first-order valence-electron chi connectivity index (χ1n) is 10.6. The summed E-state index contributed by atoms with van der Waals surface area (Å²) in [7, 11) is 0. The van der Waals surface area contributed by atoms with E-state index >= 15 is 0 Å². The van der Waals surface area contributed by atoms with E-state index in [0.717, 1.165) is 49.2 Å². The van der Waals surface area contributed by atoms with Gasteiger partial charge in [-0.15, -0.1) is 0 Å². The second kappa shape index (κ2) is 9.25. The second-order valence-electron chi connectivity index (χ2n) is 7.68. The van der Waals surface area contributed by atoms with Gasteiger partial charge in [-0.25, -0.2) is 4.68 Å². The molecule has 0 bridgehead atoms. The molecule has 6 heteroatoms. The van der Waals surface area contributed by atoms with E-state index in [1.165, 1.54) is 5.56 Å². The van der Waals surface area contributed by atoms with Crippen LogP contribution in [0.4, 0.5) is 0 Å². The number of amides is 1. The van der Waals surface area contributed by atoms with E-state index in [-0.39, 0.29) is 23.8 Å². The molecule has 0 aliphatic heterocycles. The minimum absolute atomic E-state index is 0.152. The average Bonchev–Trinajstić information content (AvgIpc) is 3.02. The minimum atomic E-state index is -0.255. The summed E-state index contributed by atoms with van der Waals surface area (Å²) in [5, 5.41) is 7.69. The van der Waals surface area contributed by atoms with Crippen LogP contribution in [0.3, 0.4) is 0 Å². The summed E-state index contributed by atoms with van der Waals surface area (Å²) in [5.74, 6) is -0.612. The molecule has 156 valence electrons. The molecular weight excluding hydrogens is 366 g/mol. The highest BCUT2D eigenvalue weighted by Crippen LogP contribution is 2.26. The first-order chi connectivity index (χ1) is 14.0. The molecule has 6 nitrogen and oxygen atoms in total. The van der Waals surface area contributed by atoms with Crippen molar-refractivity contribution in [2.24, 2.45) is 5.92 Å². The lowest BCUT2D eigenvalue weighted by Crippen LogP contribution is -2.45. The van der Waals surface area contributed by atoms with E-state index < -0.39 is 0 Å². The van der Waals surface area contributed by atoms with Crippen molar-refractivity contribution in [3.05, 3.63) is 46.8 Å². The van der Waals surface area contributed by atoms with Gasteiger partial charge in [-0.3, -0.25) is 9.59 Å². The van der Waals surface area contributed by atoms with E-state index in [1.54, 1.807) is 0 Å². The van der Waals surface area contributed by atoms with E-state index in [0.29, 0.717) is 12.2 Å². The molecule has 3 rings (SSSR count). The third-order valence-electron chi connectivity index (χ3n) is 5.84. The number of aryl methyl sites for hydroxylation is 1. The average molecular weight is 398 g/mol. The van der Waals surface area contributed by atoms with E-state index in [2.05, 4.69) is 24.3 Å². The van der Waals surface area contributed by atoms with Gasteiger partial charge in [0, 0.05) is 17.3 Å². The molecule has 1 aliphatic rings. The Bertz CT molecular complexity index is 870. The van der Waals surface area contributed by atoms with Crippen molar-refractivity contribution in [3.63, 3.8) is 0 Å². The van der Waals surface area contributed by atoms with Crippen molar-refractivity contribution in [2.75, 3.05) is 6.61 Å². The molecule has 1 aromatic heterocycles. The molecule has 0 radical (unpaired) electrons. The van der Waals surface area contributed by atoms with Crippen LogP contribution in [-0.2, 0) is 16.0 Å². The molecule has 1 heterocycles. The van der Waals surface area contributed by atoms with Gasteiger partial charge in [0.1, 0.15) is 0 Å². The van der Waals surface area contributed by atoms with E-state index in [1.807, 2.05) is 42.8 Å². The third-order valence-corrected chi connectivity index (χ3v) is 5.84. The summed E-state index contributed by atoms with van der Waals surface area (Å²) in [4.78, 5) is 25.0. The standard InChI is InChI=1S/C23H31N3O3/c1-5-19-15(3)25-26(16(19)4)18-13-11-17(12-14-18)22(27)24-21-10-8-7-9-20(21)23(28)29-6-2/h11-14,20-21H,5-10H2,1-4H3,(H,24,27)/t20-,21+/m1/s1. The van der Waals surface area contributed by atoms with E-state index in [9.17, 15) is 9.59 Å². The van der Waals surface area contributed by atoms with Gasteiger partial charge in [0.2, 0.25) is 0 Å². The van der Waals surface area contributed by atoms with Gasteiger partial charge in [-0.05, 0) is 69.9 Å². The molecule has 1 aromatic carbocycles. The first kappa shape index (κ1) is 21.1. The quantitative estimate of drug-likeness (QED) is 0.750. The van der Waals surface area contributed by atoms with Crippen LogP contribution in [0.2, 0.25) is 0 Å². The predicted molar refractivity (Wildman–Crippen MR) is 112 cm³/mol. The van der Waals surface area contributed by atoms with Crippen LogP contribution in [0.1, 0.15) is 66.8 Å². The summed E-state index contributed by atoms with van der Waals surface area (Å²) < 4.78 is 7.12. The lowest BCUT2D eigenvalue weighted by Gasteiger charge is -2.30. The van der Waals surface area contributed by atoms with Crippen molar-refractivity contribution in [2.45, 2.75) is 65.8 Å². The number of nitrogens with zero attached hydrogens (tertiary/aromatic N) is 2. The van der Waals surface area contributed by atoms with Crippen LogP contribution < -0.4 is 5.32 Å².